The highest BCUT2D eigenvalue weighted by molar-refractivity contribution is 6.09. The van der Waals surface area contributed by atoms with Crippen LogP contribution in [0.4, 0.5) is 0 Å². The number of carbonyl (C=O) groups is 1. The van der Waals surface area contributed by atoms with Gasteiger partial charge in [0.25, 0.3) is 0 Å². The molecule has 0 unspecified atom stereocenters. The molecule has 0 aliphatic carbocycles. The van der Waals surface area contributed by atoms with E-state index in [0.29, 0.717) is 6.04 Å². The van der Waals surface area contributed by atoms with Crippen molar-refractivity contribution in [2.75, 3.05) is 0 Å². The van der Waals surface area contributed by atoms with Crippen LogP contribution in [-0.2, 0) is 43.3 Å². The average Bonchev–Trinajstić information content (AvgIpc) is 3.10. The Hall–Kier alpha value is -3.49. The van der Waals surface area contributed by atoms with Crippen molar-refractivity contribution >= 4 is 5.78 Å². The van der Waals surface area contributed by atoms with Gasteiger partial charge in [-0.05, 0) is 137 Å². The summed E-state index contributed by atoms with van der Waals surface area (Å²) in [5, 5.41) is 3.93. The molecule has 63 heavy (non-hydrogen) atoms. The fourth-order valence-electron chi connectivity index (χ4n) is 7.50. The summed E-state index contributed by atoms with van der Waals surface area (Å²) in [6.07, 6.45) is 0. The number of hydrogen-bond acceptors (Lipinski definition) is 2. The summed E-state index contributed by atoms with van der Waals surface area (Å²) >= 11 is 0. The Bertz CT molecular complexity index is 1920. The summed E-state index contributed by atoms with van der Waals surface area (Å²) in [6, 6.07) is 28.0. The lowest BCUT2D eigenvalue weighted by atomic mass is 9.76. The molecule has 348 valence electrons. The van der Waals surface area contributed by atoms with E-state index < -0.39 is 0 Å². The number of rotatable bonds is 6. The van der Waals surface area contributed by atoms with Gasteiger partial charge in [0, 0.05) is 17.2 Å². The second-order valence-electron chi connectivity index (χ2n) is 27.4. The molecule has 0 aromatic heterocycles. The van der Waals surface area contributed by atoms with Gasteiger partial charge in [-0.1, -0.05) is 215 Å². The molecule has 0 saturated heterocycles. The van der Waals surface area contributed by atoms with Crippen molar-refractivity contribution in [3.63, 3.8) is 0 Å². The SMILES string of the molecule is CC(C)(C)c1cc(C(=O)c2cc(C(C)(C)C)cc(C(C)(C)C)c2)cc(C(C)(C)C)c1.CC(C)NC(c1cc(C(C)(C)C)cc(C(C)(C)C)c1)c1cc(C(C)(C)C)cc(C(C)(C)C)c1. The van der Waals surface area contributed by atoms with Gasteiger partial charge in [0.15, 0.2) is 5.78 Å². The lowest BCUT2D eigenvalue weighted by molar-refractivity contribution is 0.103. The van der Waals surface area contributed by atoms with E-state index in [9.17, 15) is 4.79 Å². The number of ketones is 1. The first kappa shape index (κ1) is 53.8. The lowest BCUT2D eigenvalue weighted by Gasteiger charge is -2.32. The second-order valence-corrected chi connectivity index (χ2v) is 27.4. The minimum absolute atomic E-state index is 0.0138. The molecule has 4 aromatic carbocycles. The summed E-state index contributed by atoms with van der Waals surface area (Å²) in [7, 11) is 0. The van der Waals surface area contributed by atoms with E-state index in [4.69, 9.17) is 0 Å². The molecule has 4 aromatic rings. The maximum atomic E-state index is 13.8. The number of hydrogen-bond donors (Lipinski definition) is 1. The zero-order valence-corrected chi connectivity index (χ0v) is 45.5. The van der Waals surface area contributed by atoms with E-state index in [-0.39, 0.29) is 55.1 Å². The van der Waals surface area contributed by atoms with Crippen LogP contribution < -0.4 is 5.32 Å². The van der Waals surface area contributed by atoms with Crippen LogP contribution in [0.25, 0.3) is 0 Å². The maximum absolute atomic E-state index is 13.8. The molecule has 0 fully saturated rings. The monoisotopic (exact) mass is 856 g/mol. The molecule has 0 saturated carbocycles. The van der Waals surface area contributed by atoms with Crippen molar-refractivity contribution in [2.24, 2.45) is 0 Å². The van der Waals surface area contributed by atoms with Crippen LogP contribution in [0, 0.1) is 0 Å². The van der Waals surface area contributed by atoms with Gasteiger partial charge in [0.1, 0.15) is 0 Å². The number of benzene rings is 4. The highest BCUT2D eigenvalue weighted by atomic mass is 16.1. The third kappa shape index (κ3) is 14.8. The lowest BCUT2D eigenvalue weighted by Crippen LogP contribution is -2.30. The summed E-state index contributed by atoms with van der Waals surface area (Å²) in [6.45, 7) is 58.9. The first-order chi connectivity index (χ1) is 28.0. The van der Waals surface area contributed by atoms with Crippen LogP contribution in [0.15, 0.2) is 72.8 Å². The Morgan fingerprint density at radius 3 is 0.651 bits per heavy atom. The van der Waals surface area contributed by atoms with E-state index in [1.165, 1.54) is 55.6 Å². The van der Waals surface area contributed by atoms with Crippen molar-refractivity contribution in [1.29, 1.82) is 0 Å². The standard InChI is InChI=1S/C32H51N.C29H42O/c1-21(2)33-28(22-15-24(29(3,4)5)19-25(16-22)30(6,7)8)23-17-26(31(9,10)11)20-27(18-23)32(12,13)14;1-26(2,3)21-13-19(14-22(17-21)27(4,5)6)25(30)20-15-23(28(7,8)9)18-24(16-20)29(10,11)12/h15-21,28,33H,1-14H3;13-18H,1-12H3. The van der Waals surface area contributed by atoms with Crippen molar-refractivity contribution in [3.05, 3.63) is 140 Å². The van der Waals surface area contributed by atoms with E-state index in [0.717, 1.165) is 11.1 Å². The van der Waals surface area contributed by atoms with Crippen molar-refractivity contribution in [3.8, 4) is 0 Å². The average molecular weight is 856 g/mol. The highest BCUT2D eigenvalue weighted by Gasteiger charge is 2.29. The molecule has 0 aliphatic heterocycles. The van der Waals surface area contributed by atoms with Gasteiger partial charge < -0.3 is 5.32 Å². The van der Waals surface area contributed by atoms with Crippen LogP contribution in [-0.4, -0.2) is 11.8 Å². The summed E-state index contributed by atoms with van der Waals surface area (Å²) in [4.78, 5) is 13.8. The van der Waals surface area contributed by atoms with E-state index in [2.05, 4.69) is 258 Å². The Morgan fingerprint density at radius 1 is 0.317 bits per heavy atom. The molecule has 0 spiro atoms. The molecule has 1 N–H and O–H groups in total. The van der Waals surface area contributed by atoms with Crippen LogP contribution >= 0.6 is 0 Å². The van der Waals surface area contributed by atoms with Crippen LogP contribution in [0.2, 0.25) is 0 Å². The van der Waals surface area contributed by atoms with Gasteiger partial charge in [-0.15, -0.1) is 0 Å². The molecule has 0 amide bonds. The molecule has 0 heterocycles. The third-order valence-electron chi connectivity index (χ3n) is 12.4. The zero-order valence-electron chi connectivity index (χ0n) is 45.5. The van der Waals surface area contributed by atoms with E-state index >= 15 is 0 Å². The zero-order chi connectivity index (χ0) is 48.9. The molecular formula is C61H93NO. The molecule has 2 heteroatoms. The van der Waals surface area contributed by atoms with Crippen LogP contribution in [0.3, 0.4) is 0 Å². The Kier molecular flexibility index (Phi) is 15.7. The fraction of sp³-hybridized carbons (Fsp3) is 0.590. The van der Waals surface area contributed by atoms with E-state index in [1.54, 1.807) is 0 Å². The van der Waals surface area contributed by atoms with Gasteiger partial charge in [0.05, 0.1) is 6.04 Å². The quantitative estimate of drug-likeness (QED) is 0.196. The first-order valence-corrected chi connectivity index (χ1v) is 23.9. The normalized spacial score (nSPS) is 13.7. The van der Waals surface area contributed by atoms with Crippen LogP contribution in [0.1, 0.15) is 258 Å². The van der Waals surface area contributed by atoms with Gasteiger partial charge in [0.2, 0.25) is 0 Å². The molecule has 4 rings (SSSR count). The van der Waals surface area contributed by atoms with E-state index in [1.807, 2.05) is 0 Å². The minimum atomic E-state index is -0.0138. The smallest absolute Gasteiger partial charge is 0.193 e. The predicted molar refractivity (Wildman–Crippen MR) is 279 cm³/mol. The van der Waals surface area contributed by atoms with Crippen molar-refractivity contribution < 1.29 is 4.79 Å². The molecule has 2 nitrogen and oxygen atoms in total. The Morgan fingerprint density at radius 2 is 0.492 bits per heavy atom. The fourth-order valence-corrected chi connectivity index (χ4v) is 7.50. The van der Waals surface area contributed by atoms with Gasteiger partial charge in [-0.3, -0.25) is 4.79 Å². The van der Waals surface area contributed by atoms with Gasteiger partial charge in [-0.2, -0.15) is 0 Å². The van der Waals surface area contributed by atoms with Gasteiger partial charge in [-0.25, -0.2) is 0 Å². The molecular weight excluding hydrogens is 763 g/mol. The first-order valence-electron chi connectivity index (χ1n) is 23.9. The summed E-state index contributed by atoms with van der Waals surface area (Å²) < 4.78 is 0. The predicted octanol–water partition coefficient (Wildman–Crippen LogP) is 17.1. The van der Waals surface area contributed by atoms with Crippen LogP contribution in [0.5, 0.6) is 0 Å². The molecule has 0 radical (unpaired) electrons. The molecule has 0 atom stereocenters. The third-order valence-corrected chi connectivity index (χ3v) is 12.4. The van der Waals surface area contributed by atoms with Gasteiger partial charge >= 0.3 is 0 Å². The number of carbonyl (C=O) groups excluding carboxylic acids is 1. The van der Waals surface area contributed by atoms with Crippen molar-refractivity contribution in [2.45, 2.75) is 235 Å². The maximum Gasteiger partial charge on any atom is 0.193 e. The molecule has 0 aliphatic rings. The minimum Gasteiger partial charge on any atom is -0.304 e. The second kappa shape index (κ2) is 18.4. The topological polar surface area (TPSA) is 29.1 Å². The summed E-state index contributed by atoms with van der Waals surface area (Å²) in [5.41, 5.74) is 15.1. The largest absolute Gasteiger partial charge is 0.304 e. The molecule has 0 bridgehead atoms. The van der Waals surface area contributed by atoms with Crippen molar-refractivity contribution in [1.82, 2.24) is 5.32 Å². The highest BCUT2D eigenvalue weighted by Crippen LogP contribution is 2.38. The Balaban J connectivity index is 0.000000337. The Labute approximate surface area is 389 Å². The number of nitrogens with one attached hydrogen (secondary N) is 1. The summed E-state index contributed by atoms with van der Waals surface area (Å²) in [5.74, 6) is 0.114.